The molecule has 0 amide bonds. The van der Waals surface area contributed by atoms with Crippen LogP contribution in [-0.4, -0.2) is 25.3 Å². The quantitative estimate of drug-likeness (QED) is 0.504. The molecule has 0 aromatic carbocycles. The number of halogens is 4. The fourth-order valence-electron chi connectivity index (χ4n) is 0.404. The number of ether oxygens (including phenoxy) is 2. The van der Waals surface area contributed by atoms with Gasteiger partial charge < -0.3 is 4.74 Å². The van der Waals surface area contributed by atoms with Gasteiger partial charge in [-0.25, -0.2) is 4.79 Å². The third-order valence-corrected chi connectivity index (χ3v) is 0.776. The van der Waals surface area contributed by atoms with Crippen molar-refractivity contribution in [3.05, 3.63) is 0 Å². The largest absolute Gasteiger partial charge is 0.522 e. The molecule has 0 spiro atoms. The first-order valence-corrected chi connectivity index (χ1v) is 2.88. The summed E-state index contributed by atoms with van der Waals surface area (Å²) in [6.45, 7) is 0.155. The molecule has 0 aliphatic rings. The van der Waals surface area contributed by atoms with E-state index in [1.165, 1.54) is 0 Å². The van der Waals surface area contributed by atoms with Gasteiger partial charge in [-0.3, -0.25) is 4.74 Å². The maximum Gasteiger partial charge on any atom is 0.522 e. The molecule has 0 aromatic rings. The summed E-state index contributed by atoms with van der Waals surface area (Å²) >= 11 is 0. The summed E-state index contributed by atoms with van der Waals surface area (Å²) in [7, 11) is 0. The highest BCUT2D eigenvalue weighted by atomic mass is 19.4. The Morgan fingerprint density at radius 1 is 1.50 bits per heavy atom. The summed E-state index contributed by atoms with van der Waals surface area (Å²) in [6, 6.07) is 0. The molecule has 0 radical (unpaired) electrons. The van der Waals surface area contributed by atoms with Crippen LogP contribution in [0.15, 0.2) is 0 Å². The SMILES string of the molecule is CC(COC(F)(F)F)OC(=O)F. The molecule has 0 aliphatic carbocycles. The standard InChI is InChI=1S/C5H6F4O3/c1-3(12-4(6)10)2-11-5(7,8)9/h3H,2H2,1H3. The van der Waals surface area contributed by atoms with Gasteiger partial charge in [0, 0.05) is 0 Å². The highest BCUT2D eigenvalue weighted by Gasteiger charge is 2.30. The Balaban J connectivity index is 3.57. The molecule has 1 atom stereocenters. The van der Waals surface area contributed by atoms with Crippen molar-refractivity contribution >= 4 is 6.22 Å². The van der Waals surface area contributed by atoms with Crippen LogP contribution in [-0.2, 0) is 9.47 Å². The lowest BCUT2D eigenvalue weighted by Gasteiger charge is -2.11. The lowest BCUT2D eigenvalue weighted by molar-refractivity contribution is -0.329. The van der Waals surface area contributed by atoms with Gasteiger partial charge in [-0.1, -0.05) is 0 Å². The average molecular weight is 190 g/mol. The molecule has 0 N–H and O–H groups in total. The molecule has 0 saturated carbocycles. The van der Waals surface area contributed by atoms with E-state index < -0.39 is 25.3 Å². The lowest BCUT2D eigenvalue weighted by atomic mass is 10.4. The maximum atomic E-state index is 11.4. The lowest BCUT2D eigenvalue weighted by Crippen LogP contribution is -2.23. The van der Waals surface area contributed by atoms with Crippen molar-refractivity contribution in [2.75, 3.05) is 6.61 Å². The van der Waals surface area contributed by atoms with E-state index in [1.54, 1.807) is 0 Å². The first kappa shape index (κ1) is 11.2. The molecule has 72 valence electrons. The number of carbonyl (C=O) groups is 1. The Bertz CT molecular complexity index is 155. The monoisotopic (exact) mass is 190 g/mol. The number of hydrogen-bond acceptors (Lipinski definition) is 3. The van der Waals surface area contributed by atoms with Crippen LogP contribution in [0.1, 0.15) is 6.92 Å². The van der Waals surface area contributed by atoms with Crippen molar-refractivity contribution in [3.63, 3.8) is 0 Å². The Hall–Kier alpha value is -0.850. The van der Waals surface area contributed by atoms with E-state index >= 15 is 0 Å². The van der Waals surface area contributed by atoms with E-state index in [2.05, 4.69) is 9.47 Å². The van der Waals surface area contributed by atoms with Crippen molar-refractivity contribution in [1.82, 2.24) is 0 Å². The van der Waals surface area contributed by atoms with Gasteiger partial charge in [-0.2, -0.15) is 0 Å². The van der Waals surface area contributed by atoms with Gasteiger partial charge in [0.1, 0.15) is 6.10 Å². The summed E-state index contributed by atoms with van der Waals surface area (Å²) in [6.07, 6.45) is -8.19. The Labute approximate surface area is 65.2 Å². The second-order valence-electron chi connectivity index (χ2n) is 1.92. The van der Waals surface area contributed by atoms with Gasteiger partial charge in [0.2, 0.25) is 0 Å². The van der Waals surface area contributed by atoms with Crippen LogP contribution in [0.4, 0.5) is 22.4 Å². The van der Waals surface area contributed by atoms with Crippen molar-refractivity contribution < 1.29 is 31.8 Å². The summed E-state index contributed by atoms with van der Waals surface area (Å²) < 4.78 is 52.2. The predicted molar refractivity (Wildman–Crippen MR) is 29.1 cm³/mol. The second-order valence-corrected chi connectivity index (χ2v) is 1.92. The van der Waals surface area contributed by atoms with Crippen LogP contribution in [0.5, 0.6) is 0 Å². The van der Waals surface area contributed by atoms with Crippen LogP contribution >= 0.6 is 0 Å². The van der Waals surface area contributed by atoms with E-state index in [9.17, 15) is 22.4 Å². The number of hydrogen-bond donors (Lipinski definition) is 0. The molecule has 0 fully saturated rings. The van der Waals surface area contributed by atoms with Gasteiger partial charge in [-0.15, -0.1) is 17.6 Å². The van der Waals surface area contributed by atoms with E-state index in [-0.39, 0.29) is 0 Å². The van der Waals surface area contributed by atoms with Crippen molar-refractivity contribution in [1.29, 1.82) is 0 Å². The average Bonchev–Trinajstić information content (AvgIpc) is 1.80. The normalized spacial score (nSPS) is 14.1. The molecular weight excluding hydrogens is 184 g/mol. The van der Waals surface area contributed by atoms with Crippen LogP contribution in [0.2, 0.25) is 0 Å². The van der Waals surface area contributed by atoms with Crippen LogP contribution in [0, 0.1) is 0 Å². The summed E-state index contributed by atoms with van der Waals surface area (Å²) in [4.78, 5) is 9.55. The van der Waals surface area contributed by atoms with Gasteiger partial charge in [-0.05, 0) is 6.92 Å². The Kier molecular flexibility index (Phi) is 3.94. The molecule has 1 unspecified atom stereocenters. The molecule has 12 heavy (non-hydrogen) atoms. The second kappa shape index (κ2) is 4.24. The molecular formula is C5H6F4O3. The van der Waals surface area contributed by atoms with E-state index in [0.717, 1.165) is 6.92 Å². The predicted octanol–water partition coefficient (Wildman–Crippen LogP) is 2.02. The first-order chi connectivity index (χ1) is 5.31. The van der Waals surface area contributed by atoms with Gasteiger partial charge in [0.25, 0.3) is 0 Å². The Morgan fingerprint density at radius 3 is 2.33 bits per heavy atom. The van der Waals surface area contributed by atoms with Crippen molar-refractivity contribution in [3.8, 4) is 0 Å². The maximum absolute atomic E-state index is 11.4. The van der Waals surface area contributed by atoms with Crippen molar-refractivity contribution in [2.24, 2.45) is 0 Å². The molecule has 0 rings (SSSR count). The van der Waals surface area contributed by atoms with Crippen molar-refractivity contribution in [2.45, 2.75) is 19.4 Å². The van der Waals surface area contributed by atoms with Crippen LogP contribution < -0.4 is 0 Å². The van der Waals surface area contributed by atoms with Crippen LogP contribution in [0.3, 0.4) is 0 Å². The minimum absolute atomic E-state index is 0.918. The molecule has 0 aromatic heterocycles. The fourth-order valence-corrected chi connectivity index (χ4v) is 0.404. The molecule has 0 aliphatic heterocycles. The molecule has 3 nitrogen and oxygen atoms in total. The smallest absolute Gasteiger partial charge is 0.435 e. The Morgan fingerprint density at radius 2 is 2.00 bits per heavy atom. The molecule has 7 heteroatoms. The molecule has 0 bridgehead atoms. The van der Waals surface area contributed by atoms with Gasteiger partial charge in [0.15, 0.2) is 0 Å². The summed E-state index contributed by atoms with van der Waals surface area (Å²) in [5, 5.41) is 0. The minimum atomic E-state index is -4.79. The minimum Gasteiger partial charge on any atom is -0.435 e. The van der Waals surface area contributed by atoms with Gasteiger partial charge in [0.05, 0.1) is 6.61 Å². The zero-order valence-corrected chi connectivity index (χ0v) is 6.02. The molecule has 0 heterocycles. The molecule has 0 saturated heterocycles. The van der Waals surface area contributed by atoms with E-state index in [1.807, 2.05) is 0 Å². The van der Waals surface area contributed by atoms with E-state index in [4.69, 9.17) is 0 Å². The fraction of sp³-hybridized carbons (Fsp3) is 0.800. The van der Waals surface area contributed by atoms with Crippen LogP contribution in [0.25, 0.3) is 0 Å². The number of carbonyl (C=O) groups excluding carboxylic acids is 1. The van der Waals surface area contributed by atoms with Gasteiger partial charge >= 0.3 is 12.6 Å². The van der Waals surface area contributed by atoms with E-state index in [0.29, 0.717) is 0 Å². The highest BCUT2D eigenvalue weighted by molar-refractivity contribution is 5.58. The topological polar surface area (TPSA) is 35.5 Å². The summed E-state index contributed by atoms with van der Waals surface area (Å²) in [5.41, 5.74) is 0. The zero-order chi connectivity index (χ0) is 9.78. The third kappa shape index (κ3) is 7.26. The first-order valence-electron chi connectivity index (χ1n) is 2.88. The third-order valence-electron chi connectivity index (χ3n) is 0.776. The zero-order valence-electron chi connectivity index (χ0n) is 6.02. The summed E-state index contributed by atoms with van der Waals surface area (Å²) in [5.74, 6) is 0. The highest BCUT2D eigenvalue weighted by Crippen LogP contribution is 2.16. The number of alkyl halides is 3. The number of rotatable bonds is 3.